The zero-order valence-corrected chi connectivity index (χ0v) is 16.3. The largest absolute Gasteiger partial charge is 0.355 e. The van der Waals surface area contributed by atoms with Gasteiger partial charge in [-0.1, -0.05) is 24.3 Å². The molecular formula is C23H23FN4O. The molecule has 0 aliphatic carbocycles. The summed E-state index contributed by atoms with van der Waals surface area (Å²) in [6.45, 7) is 3.86. The number of anilines is 1. The number of nitrogens with one attached hydrogen (secondary N) is 1. The molecule has 148 valence electrons. The minimum Gasteiger partial charge on any atom is -0.355 e. The van der Waals surface area contributed by atoms with Crippen molar-refractivity contribution in [3.05, 3.63) is 77.9 Å². The molecule has 29 heavy (non-hydrogen) atoms. The predicted molar refractivity (Wildman–Crippen MR) is 111 cm³/mol. The van der Waals surface area contributed by atoms with Crippen LogP contribution in [-0.2, 0) is 0 Å². The molecule has 0 unspecified atom stereocenters. The Bertz CT molecular complexity index is 983. The van der Waals surface area contributed by atoms with Gasteiger partial charge in [-0.2, -0.15) is 0 Å². The van der Waals surface area contributed by atoms with E-state index in [-0.39, 0.29) is 17.8 Å². The lowest BCUT2D eigenvalue weighted by Gasteiger charge is -2.19. The number of amides is 1. The number of carbonyl (C=O) groups is 1. The van der Waals surface area contributed by atoms with E-state index >= 15 is 0 Å². The van der Waals surface area contributed by atoms with Crippen molar-refractivity contribution in [2.45, 2.75) is 25.8 Å². The van der Waals surface area contributed by atoms with Crippen molar-refractivity contribution in [2.75, 3.05) is 18.0 Å². The lowest BCUT2D eigenvalue weighted by Crippen LogP contribution is -2.26. The zero-order valence-electron chi connectivity index (χ0n) is 16.3. The Morgan fingerprint density at radius 3 is 2.34 bits per heavy atom. The third-order valence-corrected chi connectivity index (χ3v) is 5.22. The second-order valence-corrected chi connectivity index (χ2v) is 7.25. The summed E-state index contributed by atoms with van der Waals surface area (Å²) in [5.74, 6) is 0.430. The molecule has 0 bridgehead atoms. The average molecular weight is 390 g/mol. The summed E-state index contributed by atoms with van der Waals surface area (Å²) >= 11 is 0. The molecule has 1 aliphatic rings. The number of benzene rings is 2. The molecule has 2 heterocycles. The summed E-state index contributed by atoms with van der Waals surface area (Å²) in [5, 5.41) is 2.95. The third kappa shape index (κ3) is 4.26. The fourth-order valence-electron chi connectivity index (χ4n) is 3.59. The van der Waals surface area contributed by atoms with Crippen molar-refractivity contribution in [3.8, 4) is 11.3 Å². The van der Waals surface area contributed by atoms with Crippen molar-refractivity contribution < 1.29 is 9.18 Å². The SMILES string of the molecule is C[C@@H](NC(=O)c1ccc(-c2nccnc2N2CCCC2)cc1)c1ccc(F)cc1. The Morgan fingerprint density at radius 1 is 1.00 bits per heavy atom. The van der Waals surface area contributed by atoms with Gasteiger partial charge >= 0.3 is 0 Å². The molecule has 1 N–H and O–H groups in total. The number of carbonyl (C=O) groups excluding carboxylic acids is 1. The fraction of sp³-hybridized carbons (Fsp3) is 0.261. The van der Waals surface area contributed by atoms with E-state index in [9.17, 15) is 9.18 Å². The molecule has 4 rings (SSSR count). The topological polar surface area (TPSA) is 58.1 Å². The van der Waals surface area contributed by atoms with Gasteiger partial charge in [-0.05, 0) is 49.6 Å². The molecule has 2 aromatic carbocycles. The van der Waals surface area contributed by atoms with Crippen LogP contribution in [0.1, 0.15) is 41.7 Å². The predicted octanol–water partition coefficient (Wildman–Crippen LogP) is 4.37. The maximum absolute atomic E-state index is 13.1. The Labute approximate surface area is 169 Å². The summed E-state index contributed by atoms with van der Waals surface area (Å²) in [7, 11) is 0. The standard InChI is InChI=1S/C23H23FN4O/c1-16(17-8-10-20(24)11-9-17)27-23(29)19-6-4-18(5-7-19)21-22(26-13-12-25-21)28-14-2-3-15-28/h4-13,16H,2-3,14-15H2,1H3,(H,27,29)/t16-/m1/s1. The van der Waals surface area contributed by atoms with Crippen LogP contribution in [0.3, 0.4) is 0 Å². The molecular weight excluding hydrogens is 367 g/mol. The van der Waals surface area contributed by atoms with Crippen LogP contribution >= 0.6 is 0 Å². The van der Waals surface area contributed by atoms with Crippen molar-refractivity contribution in [3.63, 3.8) is 0 Å². The van der Waals surface area contributed by atoms with E-state index in [4.69, 9.17) is 0 Å². The van der Waals surface area contributed by atoms with E-state index in [0.29, 0.717) is 5.56 Å². The van der Waals surface area contributed by atoms with E-state index in [1.165, 1.54) is 25.0 Å². The Kier molecular flexibility index (Phi) is 5.51. The first-order valence-corrected chi connectivity index (χ1v) is 9.84. The van der Waals surface area contributed by atoms with Gasteiger partial charge in [-0.15, -0.1) is 0 Å². The van der Waals surface area contributed by atoms with Crippen LogP contribution in [0.25, 0.3) is 11.3 Å². The van der Waals surface area contributed by atoms with Gasteiger partial charge in [-0.3, -0.25) is 9.78 Å². The first-order valence-electron chi connectivity index (χ1n) is 9.84. The number of halogens is 1. The van der Waals surface area contributed by atoms with E-state index in [1.54, 1.807) is 36.7 Å². The molecule has 0 spiro atoms. The van der Waals surface area contributed by atoms with Crippen LogP contribution in [-0.4, -0.2) is 29.0 Å². The minimum atomic E-state index is -0.292. The second kappa shape index (κ2) is 8.39. The van der Waals surface area contributed by atoms with Gasteiger partial charge in [0.1, 0.15) is 11.5 Å². The van der Waals surface area contributed by atoms with Gasteiger partial charge < -0.3 is 10.2 Å². The van der Waals surface area contributed by atoms with Crippen molar-refractivity contribution in [2.24, 2.45) is 0 Å². The van der Waals surface area contributed by atoms with E-state index < -0.39 is 0 Å². The Balaban J connectivity index is 1.49. The monoisotopic (exact) mass is 390 g/mol. The number of rotatable bonds is 5. The normalized spacial score (nSPS) is 14.6. The molecule has 0 radical (unpaired) electrons. The number of nitrogens with zero attached hydrogens (tertiary/aromatic N) is 3. The highest BCUT2D eigenvalue weighted by Gasteiger charge is 2.19. The number of hydrogen-bond acceptors (Lipinski definition) is 4. The Hall–Kier alpha value is -3.28. The smallest absolute Gasteiger partial charge is 0.251 e. The molecule has 0 saturated carbocycles. The first kappa shape index (κ1) is 19.1. The molecule has 1 aromatic heterocycles. The molecule has 6 heteroatoms. The second-order valence-electron chi connectivity index (χ2n) is 7.25. The van der Waals surface area contributed by atoms with Gasteiger partial charge in [0.05, 0.1) is 6.04 Å². The highest BCUT2D eigenvalue weighted by molar-refractivity contribution is 5.95. The van der Waals surface area contributed by atoms with Crippen LogP contribution in [0.15, 0.2) is 60.9 Å². The quantitative estimate of drug-likeness (QED) is 0.703. The Morgan fingerprint density at radius 2 is 1.66 bits per heavy atom. The summed E-state index contributed by atoms with van der Waals surface area (Å²) in [6, 6.07) is 13.3. The van der Waals surface area contributed by atoms with Crippen LogP contribution in [0.2, 0.25) is 0 Å². The van der Waals surface area contributed by atoms with Gasteiger partial charge in [0, 0.05) is 36.6 Å². The van der Waals surface area contributed by atoms with Crippen molar-refractivity contribution in [1.29, 1.82) is 0 Å². The molecule has 1 saturated heterocycles. The van der Waals surface area contributed by atoms with Crippen molar-refractivity contribution in [1.82, 2.24) is 15.3 Å². The molecule has 1 atom stereocenters. The molecule has 5 nitrogen and oxygen atoms in total. The lowest BCUT2D eigenvalue weighted by atomic mass is 10.1. The third-order valence-electron chi connectivity index (χ3n) is 5.22. The van der Waals surface area contributed by atoms with Crippen LogP contribution in [0, 0.1) is 5.82 Å². The molecule has 3 aromatic rings. The summed E-state index contributed by atoms with van der Waals surface area (Å²) in [5.41, 5.74) is 3.18. The molecule has 1 aliphatic heterocycles. The van der Waals surface area contributed by atoms with Gasteiger partial charge in [0.2, 0.25) is 0 Å². The summed E-state index contributed by atoms with van der Waals surface area (Å²) in [4.78, 5) is 23.9. The van der Waals surface area contributed by atoms with Crippen molar-refractivity contribution >= 4 is 11.7 Å². The van der Waals surface area contributed by atoms with Crippen LogP contribution in [0.4, 0.5) is 10.2 Å². The van der Waals surface area contributed by atoms with Crippen LogP contribution in [0.5, 0.6) is 0 Å². The summed E-state index contributed by atoms with van der Waals surface area (Å²) in [6.07, 6.45) is 5.75. The number of aromatic nitrogens is 2. The van der Waals surface area contributed by atoms with Gasteiger partial charge in [0.25, 0.3) is 5.91 Å². The fourth-order valence-corrected chi connectivity index (χ4v) is 3.59. The van der Waals surface area contributed by atoms with E-state index in [0.717, 1.165) is 35.7 Å². The number of hydrogen-bond donors (Lipinski definition) is 1. The first-order chi connectivity index (χ1) is 14.1. The molecule has 1 fully saturated rings. The average Bonchev–Trinajstić information content (AvgIpc) is 3.29. The molecule has 1 amide bonds. The van der Waals surface area contributed by atoms with Gasteiger partial charge in [-0.25, -0.2) is 9.37 Å². The van der Waals surface area contributed by atoms with E-state index in [1.807, 2.05) is 19.1 Å². The van der Waals surface area contributed by atoms with Gasteiger partial charge in [0.15, 0.2) is 5.82 Å². The maximum atomic E-state index is 13.1. The summed E-state index contributed by atoms with van der Waals surface area (Å²) < 4.78 is 13.1. The zero-order chi connectivity index (χ0) is 20.2. The minimum absolute atomic E-state index is 0.174. The highest BCUT2D eigenvalue weighted by atomic mass is 19.1. The van der Waals surface area contributed by atoms with E-state index in [2.05, 4.69) is 20.2 Å². The maximum Gasteiger partial charge on any atom is 0.251 e. The highest BCUT2D eigenvalue weighted by Crippen LogP contribution is 2.29. The van der Waals surface area contributed by atoms with Crippen LogP contribution < -0.4 is 10.2 Å². The lowest BCUT2D eigenvalue weighted by molar-refractivity contribution is 0.0940.